The summed E-state index contributed by atoms with van der Waals surface area (Å²) < 4.78 is 9.88. The molecule has 33 heavy (non-hydrogen) atoms. The van der Waals surface area contributed by atoms with Crippen LogP contribution < -0.4 is 15.4 Å². The predicted molar refractivity (Wildman–Crippen MR) is 126 cm³/mol. The quantitative estimate of drug-likeness (QED) is 0.429. The van der Waals surface area contributed by atoms with Crippen LogP contribution in [0.25, 0.3) is 5.65 Å². The van der Waals surface area contributed by atoms with Gasteiger partial charge in [0.1, 0.15) is 6.10 Å². The van der Waals surface area contributed by atoms with Gasteiger partial charge in [-0.2, -0.15) is 24.7 Å². The maximum atomic E-state index is 6.18. The second kappa shape index (κ2) is 9.58. The fourth-order valence-corrected chi connectivity index (χ4v) is 4.15. The van der Waals surface area contributed by atoms with Crippen LogP contribution >= 0.6 is 0 Å². The molecule has 0 spiro atoms. The molecule has 0 unspecified atom stereocenters. The van der Waals surface area contributed by atoms with Gasteiger partial charge in [0.25, 0.3) is 0 Å². The van der Waals surface area contributed by atoms with E-state index in [1.807, 2.05) is 23.1 Å². The highest BCUT2D eigenvalue weighted by Crippen LogP contribution is 2.24. The van der Waals surface area contributed by atoms with Crippen LogP contribution in [0.2, 0.25) is 0 Å². The number of hydrogen-bond donors (Lipinski definition) is 2. The third-order valence-electron chi connectivity index (χ3n) is 5.97. The topological polar surface area (TPSA) is 94.2 Å². The molecule has 5 rings (SSSR count). The Morgan fingerprint density at radius 3 is 2.79 bits per heavy atom. The molecule has 0 saturated carbocycles. The van der Waals surface area contributed by atoms with Gasteiger partial charge >= 0.3 is 6.01 Å². The fraction of sp³-hybridized carbons (Fsp3) is 0.417. The molecule has 2 N–H and O–H groups in total. The molecule has 1 atom stereocenters. The molecule has 1 aliphatic rings. The van der Waals surface area contributed by atoms with Gasteiger partial charge in [-0.3, -0.25) is 4.68 Å². The molecule has 1 aromatic carbocycles. The molecular formula is C24H30N8O. The second-order valence-electron chi connectivity index (χ2n) is 8.73. The highest BCUT2D eigenvalue weighted by Gasteiger charge is 2.20. The molecule has 1 fully saturated rings. The lowest BCUT2D eigenvalue weighted by molar-refractivity contribution is 0.153. The summed E-state index contributed by atoms with van der Waals surface area (Å²) in [6.07, 6.45) is 7.81. The van der Waals surface area contributed by atoms with Gasteiger partial charge in [-0.05, 0) is 42.5 Å². The molecule has 9 heteroatoms. The number of anilines is 1. The fourth-order valence-electron chi connectivity index (χ4n) is 4.15. The van der Waals surface area contributed by atoms with E-state index in [1.54, 1.807) is 10.7 Å². The van der Waals surface area contributed by atoms with Crippen molar-refractivity contribution in [3.8, 4) is 6.01 Å². The van der Waals surface area contributed by atoms with Crippen molar-refractivity contribution in [3.05, 3.63) is 65.6 Å². The van der Waals surface area contributed by atoms with E-state index in [0.29, 0.717) is 31.0 Å². The van der Waals surface area contributed by atoms with E-state index in [1.165, 1.54) is 11.1 Å². The number of nitrogens with one attached hydrogen (secondary N) is 2. The monoisotopic (exact) mass is 446 g/mol. The summed E-state index contributed by atoms with van der Waals surface area (Å²) in [7, 11) is 0. The number of ether oxygens (including phenoxy) is 1. The average Bonchev–Trinajstić information content (AvgIpc) is 3.49. The summed E-state index contributed by atoms with van der Waals surface area (Å²) in [5.41, 5.74) is 4.24. The van der Waals surface area contributed by atoms with Gasteiger partial charge in [0.2, 0.25) is 5.95 Å². The minimum absolute atomic E-state index is 0.0780. The minimum Gasteiger partial charge on any atom is -0.459 e. The molecule has 1 saturated heterocycles. The summed E-state index contributed by atoms with van der Waals surface area (Å²) in [5.74, 6) is 0.920. The summed E-state index contributed by atoms with van der Waals surface area (Å²) in [5, 5.41) is 15.8. The van der Waals surface area contributed by atoms with Crippen LogP contribution in [-0.4, -0.2) is 48.6 Å². The molecule has 4 aromatic rings. The molecule has 3 aromatic heterocycles. The predicted octanol–water partition coefficient (Wildman–Crippen LogP) is 3.24. The molecule has 172 valence electrons. The Morgan fingerprint density at radius 1 is 1.15 bits per heavy atom. The van der Waals surface area contributed by atoms with Crippen LogP contribution in [-0.2, 0) is 13.1 Å². The van der Waals surface area contributed by atoms with E-state index in [-0.39, 0.29) is 6.10 Å². The van der Waals surface area contributed by atoms with E-state index >= 15 is 0 Å². The van der Waals surface area contributed by atoms with Crippen molar-refractivity contribution < 1.29 is 4.74 Å². The lowest BCUT2D eigenvalue weighted by atomic mass is 10.1. The average molecular weight is 447 g/mol. The van der Waals surface area contributed by atoms with Gasteiger partial charge in [-0.15, -0.1) is 0 Å². The highest BCUT2D eigenvalue weighted by molar-refractivity contribution is 5.53. The molecule has 0 aliphatic carbocycles. The Balaban J connectivity index is 1.42. The van der Waals surface area contributed by atoms with Gasteiger partial charge in [0.05, 0.1) is 12.7 Å². The zero-order valence-corrected chi connectivity index (χ0v) is 19.1. The third-order valence-corrected chi connectivity index (χ3v) is 5.97. The summed E-state index contributed by atoms with van der Waals surface area (Å²) in [4.78, 5) is 9.42. The van der Waals surface area contributed by atoms with Gasteiger partial charge in [-0.1, -0.05) is 38.1 Å². The molecule has 4 heterocycles. The van der Waals surface area contributed by atoms with Crippen LogP contribution in [0.4, 0.5) is 5.95 Å². The number of fused-ring (bicyclic) bond motifs is 1. The van der Waals surface area contributed by atoms with E-state index in [2.05, 4.69) is 58.9 Å². The van der Waals surface area contributed by atoms with Crippen molar-refractivity contribution in [1.82, 2.24) is 34.7 Å². The maximum Gasteiger partial charge on any atom is 0.322 e. The van der Waals surface area contributed by atoms with Gasteiger partial charge in [-0.25, -0.2) is 0 Å². The number of benzene rings is 1. The van der Waals surface area contributed by atoms with E-state index < -0.39 is 0 Å². The van der Waals surface area contributed by atoms with Crippen LogP contribution in [0.5, 0.6) is 6.01 Å². The zero-order chi connectivity index (χ0) is 22.6. The van der Waals surface area contributed by atoms with Crippen molar-refractivity contribution in [2.75, 3.05) is 18.4 Å². The Bertz CT molecular complexity index is 1190. The number of piperidine rings is 1. The molecule has 1 aliphatic heterocycles. The lowest BCUT2D eigenvalue weighted by Gasteiger charge is -2.23. The summed E-state index contributed by atoms with van der Waals surface area (Å²) in [6.45, 7) is 7.45. The maximum absolute atomic E-state index is 6.18. The van der Waals surface area contributed by atoms with E-state index in [4.69, 9.17) is 14.7 Å². The zero-order valence-electron chi connectivity index (χ0n) is 19.1. The van der Waals surface area contributed by atoms with Crippen LogP contribution in [0.3, 0.4) is 0 Å². The number of nitrogens with zero attached hydrogens (tertiary/aromatic N) is 6. The Labute approximate surface area is 193 Å². The summed E-state index contributed by atoms with van der Waals surface area (Å²) >= 11 is 0. The van der Waals surface area contributed by atoms with Crippen molar-refractivity contribution in [2.45, 2.75) is 51.8 Å². The summed E-state index contributed by atoms with van der Waals surface area (Å²) in [6, 6.07) is 10.7. The minimum atomic E-state index is 0.0780. The third kappa shape index (κ3) is 4.83. The Hall–Kier alpha value is -3.46. The largest absolute Gasteiger partial charge is 0.459 e. The number of aromatic nitrogens is 6. The number of hydrogen-bond acceptors (Lipinski definition) is 7. The Kier molecular flexibility index (Phi) is 6.21. The molecule has 0 bridgehead atoms. The van der Waals surface area contributed by atoms with Gasteiger partial charge in [0.15, 0.2) is 5.65 Å². The molecular weight excluding hydrogens is 416 g/mol. The molecule has 0 radical (unpaired) electrons. The van der Waals surface area contributed by atoms with Gasteiger partial charge < -0.3 is 15.4 Å². The van der Waals surface area contributed by atoms with Crippen LogP contribution in [0, 0.1) is 0 Å². The SMILES string of the molecule is CC(C)c1cnn2c(NCc3ccccc3Cn3cccn3)nc(O[C@@H]3CCCNC3)nc12. The number of rotatable bonds is 8. The Morgan fingerprint density at radius 2 is 2.03 bits per heavy atom. The molecule has 9 nitrogen and oxygen atoms in total. The van der Waals surface area contributed by atoms with Crippen molar-refractivity contribution in [3.63, 3.8) is 0 Å². The standard InChI is InChI=1S/C24H30N8O/c1-17(2)21-15-28-32-22(21)29-24(33-20-9-5-10-25-14-20)30-23(32)26-13-18-7-3-4-8-19(18)16-31-12-6-11-27-31/h3-4,6-8,11-12,15,17,20,25H,5,9-10,13-14,16H2,1-2H3,(H,26,29,30)/t20-/m1/s1. The van der Waals surface area contributed by atoms with Crippen LogP contribution in [0.15, 0.2) is 48.9 Å². The first-order valence-corrected chi connectivity index (χ1v) is 11.6. The van der Waals surface area contributed by atoms with Crippen LogP contribution in [0.1, 0.15) is 49.3 Å². The highest BCUT2D eigenvalue weighted by atomic mass is 16.5. The van der Waals surface area contributed by atoms with E-state index in [9.17, 15) is 0 Å². The lowest BCUT2D eigenvalue weighted by Crippen LogP contribution is -2.37. The smallest absolute Gasteiger partial charge is 0.322 e. The van der Waals surface area contributed by atoms with Crippen molar-refractivity contribution >= 4 is 11.6 Å². The first kappa shape index (κ1) is 21.4. The first-order valence-electron chi connectivity index (χ1n) is 11.6. The normalized spacial score (nSPS) is 16.4. The first-order chi connectivity index (χ1) is 16.2. The second-order valence-corrected chi connectivity index (χ2v) is 8.73. The van der Waals surface area contributed by atoms with E-state index in [0.717, 1.165) is 37.1 Å². The molecule has 0 amide bonds. The van der Waals surface area contributed by atoms with Crippen molar-refractivity contribution in [2.24, 2.45) is 0 Å². The van der Waals surface area contributed by atoms with Crippen molar-refractivity contribution in [1.29, 1.82) is 0 Å². The van der Waals surface area contributed by atoms with Gasteiger partial charge in [0, 0.05) is 31.0 Å².